The number of hydrogen-bond donors (Lipinski definition) is 2. The van der Waals surface area contributed by atoms with Gasteiger partial charge >= 0.3 is 0 Å². The molecule has 1 aromatic heterocycles. The molecule has 0 spiro atoms. The average molecular weight is 328 g/mol. The predicted molar refractivity (Wildman–Crippen MR) is 81.8 cm³/mol. The normalized spacial score (nSPS) is 11.2. The third kappa shape index (κ3) is 4.27. The van der Waals surface area contributed by atoms with Crippen molar-refractivity contribution in [1.29, 1.82) is 0 Å². The molecule has 1 heterocycles. The molecule has 0 saturated heterocycles. The molecule has 0 amide bonds. The van der Waals surface area contributed by atoms with Crippen molar-refractivity contribution >= 4 is 39.0 Å². The van der Waals surface area contributed by atoms with Crippen molar-refractivity contribution in [2.45, 2.75) is 11.8 Å². The lowest BCUT2D eigenvalue weighted by molar-refractivity contribution is 0.602. The number of nitrogens with zero attached hydrogens (tertiary/aromatic N) is 3. The highest BCUT2D eigenvalue weighted by molar-refractivity contribution is 7.90. The number of sulfone groups is 1. The Balaban J connectivity index is 2.22. The maximum absolute atomic E-state index is 11.4. The van der Waals surface area contributed by atoms with Crippen molar-refractivity contribution in [3.05, 3.63) is 29.5 Å². The highest BCUT2D eigenvalue weighted by Crippen LogP contribution is 2.18. The van der Waals surface area contributed by atoms with E-state index >= 15 is 0 Å². The zero-order valence-corrected chi connectivity index (χ0v) is 13.0. The fraction of sp³-hybridized carbons (Fsp3) is 0.250. The first-order valence-corrected chi connectivity index (χ1v) is 8.38. The second kappa shape index (κ2) is 6.23. The fourth-order valence-corrected chi connectivity index (χ4v) is 2.35. The minimum Gasteiger partial charge on any atom is -0.354 e. The molecule has 1 aromatic carbocycles. The maximum Gasteiger partial charge on any atom is 0.233 e. The van der Waals surface area contributed by atoms with Crippen molar-refractivity contribution in [1.82, 2.24) is 15.0 Å². The number of aromatic nitrogens is 3. The van der Waals surface area contributed by atoms with E-state index in [1.54, 1.807) is 12.1 Å². The van der Waals surface area contributed by atoms with Crippen molar-refractivity contribution < 1.29 is 8.42 Å². The topological polar surface area (TPSA) is 96.9 Å². The smallest absolute Gasteiger partial charge is 0.233 e. The van der Waals surface area contributed by atoms with E-state index in [-0.39, 0.29) is 16.1 Å². The number of rotatable bonds is 5. The zero-order valence-electron chi connectivity index (χ0n) is 11.5. The minimum atomic E-state index is -3.21. The summed E-state index contributed by atoms with van der Waals surface area (Å²) in [5.41, 5.74) is 0.645. The monoisotopic (exact) mass is 327 g/mol. The van der Waals surface area contributed by atoms with Gasteiger partial charge < -0.3 is 10.6 Å². The van der Waals surface area contributed by atoms with Gasteiger partial charge in [-0.15, -0.1) is 0 Å². The highest BCUT2D eigenvalue weighted by Gasteiger charge is 2.08. The number of benzene rings is 1. The second-order valence-electron chi connectivity index (χ2n) is 4.20. The summed E-state index contributed by atoms with van der Waals surface area (Å²) in [4.78, 5) is 12.3. The molecule has 0 aliphatic rings. The lowest BCUT2D eigenvalue weighted by atomic mass is 10.3. The van der Waals surface area contributed by atoms with Crippen LogP contribution in [0.2, 0.25) is 5.28 Å². The molecule has 0 atom stereocenters. The zero-order chi connectivity index (χ0) is 15.5. The van der Waals surface area contributed by atoms with Crippen LogP contribution in [0.3, 0.4) is 0 Å². The lowest BCUT2D eigenvalue weighted by Crippen LogP contribution is -2.06. The minimum absolute atomic E-state index is 0.0659. The van der Waals surface area contributed by atoms with Crippen LogP contribution in [0.1, 0.15) is 6.92 Å². The van der Waals surface area contributed by atoms with Gasteiger partial charge in [0.1, 0.15) is 0 Å². The van der Waals surface area contributed by atoms with Gasteiger partial charge in [-0.25, -0.2) is 8.42 Å². The van der Waals surface area contributed by atoms with Crippen LogP contribution in [-0.4, -0.2) is 36.2 Å². The summed E-state index contributed by atoms with van der Waals surface area (Å²) in [6.45, 7) is 2.57. The van der Waals surface area contributed by atoms with E-state index in [1.165, 1.54) is 12.1 Å². The van der Waals surface area contributed by atoms with Crippen molar-refractivity contribution in [2.24, 2.45) is 0 Å². The van der Waals surface area contributed by atoms with E-state index in [0.29, 0.717) is 18.2 Å². The molecule has 9 heteroatoms. The lowest BCUT2D eigenvalue weighted by Gasteiger charge is -2.07. The molecule has 0 saturated carbocycles. The van der Waals surface area contributed by atoms with Gasteiger partial charge in [-0.1, -0.05) is 0 Å². The van der Waals surface area contributed by atoms with E-state index in [1.807, 2.05) is 6.92 Å². The Kier molecular flexibility index (Phi) is 4.59. The van der Waals surface area contributed by atoms with Crippen LogP contribution in [0.5, 0.6) is 0 Å². The first-order valence-electron chi connectivity index (χ1n) is 6.11. The second-order valence-corrected chi connectivity index (χ2v) is 6.56. The van der Waals surface area contributed by atoms with Crippen molar-refractivity contribution in [3.63, 3.8) is 0 Å². The molecule has 0 aliphatic carbocycles. The van der Waals surface area contributed by atoms with E-state index in [2.05, 4.69) is 25.6 Å². The molecule has 2 N–H and O–H groups in total. The Labute approximate surface area is 127 Å². The standard InChI is InChI=1S/C12H14ClN5O2S/c1-3-14-11-16-10(13)17-12(18-11)15-8-4-6-9(7-5-8)21(2,19)20/h4-7H,3H2,1-2H3,(H2,14,15,16,17,18). The molecular weight excluding hydrogens is 314 g/mol. The summed E-state index contributed by atoms with van der Waals surface area (Å²) in [6, 6.07) is 6.26. The Morgan fingerprint density at radius 1 is 1.10 bits per heavy atom. The van der Waals surface area contributed by atoms with Crippen molar-refractivity contribution in [2.75, 3.05) is 23.4 Å². The van der Waals surface area contributed by atoms with Crippen LogP contribution in [0.4, 0.5) is 17.6 Å². The molecule has 7 nitrogen and oxygen atoms in total. The van der Waals surface area contributed by atoms with E-state index in [0.717, 1.165) is 6.26 Å². The Morgan fingerprint density at radius 2 is 1.71 bits per heavy atom. The van der Waals surface area contributed by atoms with Crippen LogP contribution in [0.15, 0.2) is 29.2 Å². The summed E-state index contributed by atoms with van der Waals surface area (Å²) in [7, 11) is -3.21. The summed E-state index contributed by atoms with van der Waals surface area (Å²) in [5.74, 6) is 0.644. The molecule has 0 radical (unpaired) electrons. The van der Waals surface area contributed by atoms with Crippen LogP contribution < -0.4 is 10.6 Å². The molecule has 0 bridgehead atoms. The van der Waals surface area contributed by atoms with E-state index in [4.69, 9.17) is 11.6 Å². The molecule has 112 valence electrons. The predicted octanol–water partition coefficient (Wildman–Crippen LogP) is 2.10. The highest BCUT2D eigenvalue weighted by atomic mass is 35.5. The quantitative estimate of drug-likeness (QED) is 0.867. The summed E-state index contributed by atoms with van der Waals surface area (Å²) in [6.07, 6.45) is 1.16. The SMILES string of the molecule is CCNc1nc(Cl)nc(Nc2ccc(S(C)(=O)=O)cc2)n1. The molecule has 2 aromatic rings. The maximum atomic E-state index is 11.4. The Morgan fingerprint density at radius 3 is 2.29 bits per heavy atom. The summed E-state index contributed by atoms with van der Waals surface area (Å²) >= 11 is 5.82. The van der Waals surface area contributed by atoms with Crippen molar-refractivity contribution in [3.8, 4) is 0 Å². The molecule has 0 unspecified atom stereocenters. The summed E-state index contributed by atoms with van der Waals surface area (Å²) < 4.78 is 22.8. The van der Waals surface area contributed by atoms with Crippen LogP contribution in [-0.2, 0) is 9.84 Å². The number of anilines is 3. The first-order chi connectivity index (χ1) is 9.88. The molecular formula is C12H14ClN5O2S. The molecule has 2 rings (SSSR count). The van der Waals surface area contributed by atoms with Crippen LogP contribution in [0.25, 0.3) is 0 Å². The molecule has 21 heavy (non-hydrogen) atoms. The van der Waals surface area contributed by atoms with Crippen LogP contribution >= 0.6 is 11.6 Å². The largest absolute Gasteiger partial charge is 0.354 e. The van der Waals surface area contributed by atoms with Crippen LogP contribution in [0, 0.1) is 0 Å². The number of hydrogen-bond acceptors (Lipinski definition) is 7. The summed E-state index contributed by atoms with van der Waals surface area (Å²) in [5, 5.41) is 5.94. The van der Waals surface area contributed by atoms with Gasteiger partial charge in [0.15, 0.2) is 9.84 Å². The molecule has 0 aliphatic heterocycles. The van der Waals surface area contributed by atoms with Gasteiger partial charge in [0.2, 0.25) is 17.2 Å². The van der Waals surface area contributed by atoms with Gasteiger partial charge in [0.25, 0.3) is 0 Å². The Bertz CT molecular complexity index is 734. The third-order valence-electron chi connectivity index (χ3n) is 2.48. The number of nitrogens with one attached hydrogen (secondary N) is 2. The van der Waals surface area contributed by atoms with E-state index < -0.39 is 9.84 Å². The van der Waals surface area contributed by atoms with Gasteiger partial charge in [-0.3, -0.25) is 0 Å². The number of halogens is 1. The third-order valence-corrected chi connectivity index (χ3v) is 3.78. The van der Waals surface area contributed by atoms with Gasteiger partial charge in [0.05, 0.1) is 4.90 Å². The first kappa shape index (κ1) is 15.5. The molecule has 0 fully saturated rings. The average Bonchev–Trinajstić information content (AvgIpc) is 2.38. The van der Waals surface area contributed by atoms with Gasteiger partial charge in [-0.05, 0) is 42.8 Å². The van der Waals surface area contributed by atoms with Gasteiger partial charge in [-0.2, -0.15) is 15.0 Å². The van der Waals surface area contributed by atoms with E-state index in [9.17, 15) is 8.42 Å². The Hall–Kier alpha value is -1.93. The fourth-order valence-electron chi connectivity index (χ4n) is 1.56. The van der Waals surface area contributed by atoms with Gasteiger partial charge in [0, 0.05) is 18.5 Å².